The van der Waals surface area contributed by atoms with Gasteiger partial charge in [-0.25, -0.2) is 0 Å². The minimum absolute atomic E-state index is 0.211. The number of rotatable bonds is 3. The Morgan fingerprint density at radius 3 is 1.20 bits per heavy atom. The highest BCUT2D eigenvalue weighted by molar-refractivity contribution is 5.73. The molecule has 0 radical (unpaired) electrons. The Morgan fingerprint density at radius 1 is 0.933 bits per heavy atom. The van der Waals surface area contributed by atoms with Crippen LogP contribution in [0.4, 0.5) is 0 Å². The van der Waals surface area contributed by atoms with Crippen LogP contribution in [0.15, 0.2) is 0 Å². The fourth-order valence-electron chi connectivity index (χ4n) is 0.246. The van der Waals surface area contributed by atoms with Gasteiger partial charge in [-0.15, -0.1) is 0 Å². The standard InChI is InChI=1S/C4H9NO.C3H7NO.C2H5NO/c1-2-3-4(5)6;1-2-3(4)5;1-2(3)4/h2-3H2,1H3,(H2,5,6);2H2,1H3,(H2,4,5);1H3,(H2,3,4). The van der Waals surface area contributed by atoms with Gasteiger partial charge in [0.15, 0.2) is 0 Å². The van der Waals surface area contributed by atoms with Crippen LogP contribution >= 0.6 is 0 Å². The third-order valence-electron chi connectivity index (χ3n) is 0.845. The van der Waals surface area contributed by atoms with E-state index < -0.39 is 0 Å². The van der Waals surface area contributed by atoms with Crippen LogP contribution in [0.3, 0.4) is 0 Å². The largest absolute Gasteiger partial charge is 0.370 e. The summed E-state index contributed by atoms with van der Waals surface area (Å²) in [5.74, 6) is -0.789. The van der Waals surface area contributed by atoms with Crippen LogP contribution in [0.5, 0.6) is 0 Å². The van der Waals surface area contributed by atoms with Crippen molar-refractivity contribution in [3.05, 3.63) is 0 Å². The van der Waals surface area contributed by atoms with Gasteiger partial charge in [-0.1, -0.05) is 13.8 Å². The Hall–Kier alpha value is -1.59. The van der Waals surface area contributed by atoms with Crippen LogP contribution in [-0.2, 0) is 14.4 Å². The van der Waals surface area contributed by atoms with E-state index in [-0.39, 0.29) is 17.7 Å². The summed E-state index contributed by atoms with van der Waals surface area (Å²) in [6, 6.07) is 0. The fraction of sp³-hybridized carbons (Fsp3) is 0.667. The van der Waals surface area contributed by atoms with E-state index in [2.05, 4.69) is 11.5 Å². The van der Waals surface area contributed by atoms with Crippen molar-refractivity contribution in [1.82, 2.24) is 0 Å². The maximum absolute atomic E-state index is 9.82. The maximum atomic E-state index is 9.82. The number of nitrogens with two attached hydrogens (primary N) is 3. The van der Waals surface area contributed by atoms with Crippen LogP contribution in [0.2, 0.25) is 0 Å². The van der Waals surface area contributed by atoms with Gasteiger partial charge in [-0.3, -0.25) is 14.4 Å². The van der Waals surface area contributed by atoms with E-state index in [1.807, 2.05) is 6.92 Å². The molecule has 0 rings (SSSR count). The van der Waals surface area contributed by atoms with E-state index in [0.29, 0.717) is 12.8 Å². The van der Waals surface area contributed by atoms with Gasteiger partial charge in [0.05, 0.1) is 0 Å². The molecule has 6 nitrogen and oxygen atoms in total. The molecule has 0 unspecified atom stereocenters. The first-order valence-corrected chi connectivity index (χ1v) is 4.60. The van der Waals surface area contributed by atoms with Gasteiger partial charge in [-0.2, -0.15) is 0 Å². The summed E-state index contributed by atoms with van der Waals surface area (Å²) in [6.07, 6.45) is 1.81. The zero-order chi connectivity index (χ0) is 12.9. The van der Waals surface area contributed by atoms with Gasteiger partial charge >= 0.3 is 0 Å². The molecule has 0 aromatic rings. The van der Waals surface area contributed by atoms with Gasteiger partial charge in [0.1, 0.15) is 0 Å². The molecule has 15 heavy (non-hydrogen) atoms. The molecule has 0 aromatic heterocycles. The lowest BCUT2D eigenvalue weighted by Crippen LogP contribution is -2.08. The van der Waals surface area contributed by atoms with E-state index in [1.165, 1.54) is 6.92 Å². The lowest BCUT2D eigenvalue weighted by Gasteiger charge is -1.81. The molecule has 0 bridgehead atoms. The van der Waals surface area contributed by atoms with Gasteiger partial charge in [-0.05, 0) is 6.42 Å². The monoisotopic (exact) mass is 219 g/mol. The first kappa shape index (κ1) is 19.1. The molecule has 0 atom stereocenters. The third-order valence-corrected chi connectivity index (χ3v) is 0.845. The Bertz CT molecular complexity index is 189. The molecular formula is C9H21N3O3. The highest BCUT2D eigenvalue weighted by atomic mass is 16.1. The summed E-state index contributed by atoms with van der Waals surface area (Å²) < 4.78 is 0. The number of hydrogen-bond acceptors (Lipinski definition) is 3. The molecule has 90 valence electrons. The summed E-state index contributed by atoms with van der Waals surface area (Å²) in [5.41, 5.74) is 13.9. The van der Waals surface area contributed by atoms with Crippen LogP contribution < -0.4 is 17.2 Å². The van der Waals surface area contributed by atoms with Gasteiger partial charge < -0.3 is 17.2 Å². The first-order valence-electron chi connectivity index (χ1n) is 4.60. The minimum Gasteiger partial charge on any atom is -0.370 e. The summed E-state index contributed by atoms with van der Waals surface area (Å²) >= 11 is 0. The molecule has 0 aliphatic heterocycles. The highest BCUT2D eigenvalue weighted by Crippen LogP contribution is 1.79. The molecule has 0 heterocycles. The third kappa shape index (κ3) is 116. The lowest BCUT2D eigenvalue weighted by molar-refractivity contribution is -0.118. The summed E-state index contributed by atoms with van der Waals surface area (Å²) in [6.45, 7) is 4.95. The number of carbonyl (C=O) groups excluding carboxylic acids is 3. The Morgan fingerprint density at radius 2 is 1.20 bits per heavy atom. The molecule has 0 aromatic carbocycles. The van der Waals surface area contributed by atoms with E-state index in [1.54, 1.807) is 6.92 Å². The van der Waals surface area contributed by atoms with Gasteiger partial charge in [0.2, 0.25) is 17.7 Å². The van der Waals surface area contributed by atoms with Gasteiger partial charge in [0.25, 0.3) is 0 Å². The van der Waals surface area contributed by atoms with E-state index in [0.717, 1.165) is 6.42 Å². The van der Waals surface area contributed by atoms with Crippen molar-refractivity contribution in [2.24, 2.45) is 17.2 Å². The number of primary amides is 3. The molecule has 0 aliphatic rings. The van der Waals surface area contributed by atoms with Crippen molar-refractivity contribution in [3.63, 3.8) is 0 Å². The molecule has 0 spiro atoms. The maximum Gasteiger partial charge on any atom is 0.217 e. The second kappa shape index (κ2) is 14.9. The quantitative estimate of drug-likeness (QED) is 0.599. The summed E-state index contributed by atoms with van der Waals surface area (Å²) in [7, 11) is 0. The normalized spacial score (nSPS) is 7.40. The second-order valence-corrected chi connectivity index (χ2v) is 2.65. The van der Waals surface area contributed by atoms with Crippen molar-refractivity contribution in [2.45, 2.75) is 40.0 Å². The lowest BCUT2D eigenvalue weighted by atomic mass is 10.3. The predicted molar refractivity (Wildman–Crippen MR) is 58.5 cm³/mol. The molecular weight excluding hydrogens is 198 g/mol. The fourth-order valence-corrected chi connectivity index (χ4v) is 0.246. The zero-order valence-electron chi connectivity index (χ0n) is 9.58. The SMILES string of the molecule is CC(N)=O.CCC(N)=O.CCCC(N)=O. The van der Waals surface area contributed by atoms with Crippen molar-refractivity contribution in [3.8, 4) is 0 Å². The molecule has 0 fully saturated rings. The van der Waals surface area contributed by atoms with Crippen LogP contribution in [0.25, 0.3) is 0 Å². The molecule has 0 saturated carbocycles. The van der Waals surface area contributed by atoms with E-state index in [4.69, 9.17) is 5.73 Å². The van der Waals surface area contributed by atoms with E-state index >= 15 is 0 Å². The Balaban J connectivity index is -0.000000147. The molecule has 6 heteroatoms. The number of amides is 3. The Labute approximate surface area is 90.2 Å². The van der Waals surface area contributed by atoms with Crippen LogP contribution in [-0.4, -0.2) is 17.7 Å². The van der Waals surface area contributed by atoms with Crippen molar-refractivity contribution in [2.75, 3.05) is 0 Å². The van der Waals surface area contributed by atoms with Crippen LogP contribution in [0.1, 0.15) is 40.0 Å². The second-order valence-electron chi connectivity index (χ2n) is 2.65. The topological polar surface area (TPSA) is 129 Å². The Kier molecular flexibility index (Phi) is 18.9. The van der Waals surface area contributed by atoms with Crippen molar-refractivity contribution >= 4 is 17.7 Å². The van der Waals surface area contributed by atoms with E-state index in [9.17, 15) is 14.4 Å². The molecule has 6 N–H and O–H groups in total. The van der Waals surface area contributed by atoms with Crippen molar-refractivity contribution in [1.29, 1.82) is 0 Å². The number of hydrogen-bond donors (Lipinski definition) is 3. The number of carbonyl (C=O) groups is 3. The van der Waals surface area contributed by atoms with Crippen LogP contribution in [0, 0.1) is 0 Å². The predicted octanol–water partition coefficient (Wildman–Crippen LogP) is -0.355. The summed E-state index contributed by atoms with van der Waals surface area (Å²) in [5, 5.41) is 0. The molecule has 0 aliphatic carbocycles. The van der Waals surface area contributed by atoms with Crippen molar-refractivity contribution < 1.29 is 14.4 Å². The average molecular weight is 219 g/mol. The summed E-state index contributed by atoms with van der Waals surface area (Å²) in [4.78, 5) is 28.6. The minimum atomic E-state index is -0.333. The first-order chi connectivity index (χ1) is 6.77. The molecule has 3 amide bonds. The smallest absolute Gasteiger partial charge is 0.217 e. The van der Waals surface area contributed by atoms with Gasteiger partial charge in [0, 0.05) is 19.8 Å². The highest BCUT2D eigenvalue weighted by Gasteiger charge is 1.84. The average Bonchev–Trinajstić information content (AvgIpc) is 2.03. The molecule has 0 saturated heterocycles. The zero-order valence-corrected chi connectivity index (χ0v) is 9.58.